The molecular formula is C13H14ClNO3. The van der Waals surface area contributed by atoms with Crippen LogP contribution in [0.2, 0.25) is 0 Å². The van der Waals surface area contributed by atoms with Crippen molar-refractivity contribution in [2.24, 2.45) is 5.73 Å². The number of halogens is 1. The average molecular weight is 268 g/mol. The van der Waals surface area contributed by atoms with Gasteiger partial charge in [-0.2, -0.15) is 0 Å². The smallest absolute Gasteiger partial charge is 0.327 e. The van der Waals surface area contributed by atoms with Crippen molar-refractivity contribution in [2.45, 2.75) is 6.04 Å². The monoisotopic (exact) mass is 267 g/mol. The van der Waals surface area contributed by atoms with E-state index in [-0.39, 0.29) is 18.2 Å². The fraction of sp³-hybridized carbons (Fsp3) is 0.154. The molecular weight excluding hydrogens is 254 g/mol. The molecule has 96 valence electrons. The lowest BCUT2D eigenvalue weighted by Crippen LogP contribution is -2.22. The van der Waals surface area contributed by atoms with Gasteiger partial charge in [-0.15, -0.1) is 12.4 Å². The molecule has 2 rings (SSSR count). The lowest BCUT2D eigenvalue weighted by Gasteiger charge is -2.14. The molecule has 0 radical (unpaired) electrons. The minimum absolute atomic E-state index is 0. The number of ether oxygens (including phenoxy) is 1. The molecule has 18 heavy (non-hydrogen) atoms. The number of hydrogen-bond donors (Lipinski definition) is 2. The molecule has 2 aromatic carbocycles. The van der Waals surface area contributed by atoms with Crippen LogP contribution in [0.5, 0.6) is 5.75 Å². The van der Waals surface area contributed by atoms with Gasteiger partial charge in [-0.05, 0) is 16.8 Å². The average Bonchev–Trinajstić information content (AvgIpc) is 2.37. The van der Waals surface area contributed by atoms with E-state index in [1.165, 1.54) is 13.2 Å². The molecule has 0 aliphatic heterocycles. The molecule has 0 saturated heterocycles. The molecule has 0 bridgehead atoms. The summed E-state index contributed by atoms with van der Waals surface area (Å²) in [5.41, 5.74) is 6.18. The molecule has 0 aromatic heterocycles. The van der Waals surface area contributed by atoms with Gasteiger partial charge in [-0.25, -0.2) is 0 Å². The van der Waals surface area contributed by atoms with Gasteiger partial charge in [-0.1, -0.05) is 30.3 Å². The first kappa shape index (κ1) is 14.3. The topological polar surface area (TPSA) is 72.5 Å². The summed E-state index contributed by atoms with van der Waals surface area (Å²) in [6.07, 6.45) is 0. The minimum atomic E-state index is -0.980. The number of carbonyl (C=O) groups is 1. The summed E-state index contributed by atoms with van der Waals surface area (Å²) in [4.78, 5) is 11.4. The zero-order chi connectivity index (χ0) is 12.4. The number of phenols is 1. The van der Waals surface area contributed by atoms with Gasteiger partial charge in [-0.3, -0.25) is 4.79 Å². The number of methoxy groups -OCH3 is 1. The molecule has 0 amide bonds. The van der Waals surface area contributed by atoms with E-state index in [9.17, 15) is 9.90 Å². The van der Waals surface area contributed by atoms with E-state index in [0.717, 1.165) is 10.8 Å². The van der Waals surface area contributed by atoms with Gasteiger partial charge in [0.2, 0.25) is 0 Å². The van der Waals surface area contributed by atoms with Crippen molar-refractivity contribution in [2.75, 3.05) is 7.11 Å². The number of carbonyl (C=O) groups excluding carboxylic acids is 1. The van der Waals surface area contributed by atoms with E-state index < -0.39 is 12.0 Å². The summed E-state index contributed by atoms with van der Waals surface area (Å²) in [6.45, 7) is 0. The molecule has 1 atom stereocenters. The predicted octanol–water partition coefficient (Wildman–Crippen LogP) is 2.14. The maximum atomic E-state index is 11.4. The second kappa shape index (κ2) is 5.71. The van der Waals surface area contributed by atoms with Crippen LogP contribution >= 0.6 is 12.4 Å². The number of nitrogens with two attached hydrogens (primary N) is 1. The highest BCUT2D eigenvalue weighted by molar-refractivity contribution is 5.92. The Balaban J connectivity index is 0.00000162. The summed E-state index contributed by atoms with van der Waals surface area (Å²) < 4.78 is 4.60. The Morgan fingerprint density at radius 2 is 1.94 bits per heavy atom. The highest BCUT2D eigenvalue weighted by Crippen LogP contribution is 2.31. The summed E-state index contributed by atoms with van der Waals surface area (Å²) in [5, 5.41) is 11.5. The van der Waals surface area contributed by atoms with E-state index in [2.05, 4.69) is 4.74 Å². The van der Waals surface area contributed by atoms with Crippen LogP contribution in [0.15, 0.2) is 36.4 Å². The zero-order valence-corrected chi connectivity index (χ0v) is 10.6. The molecule has 4 nitrogen and oxygen atoms in total. The summed E-state index contributed by atoms with van der Waals surface area (Å²) in [6, 6.07) is 9.74. The van der Waals surface area contributed by atoms with Gasteiger partial charge in [0.15, 0.2) is 0 Å². The highest BCUT2D eigenvalue weighted by Gasteiger charge is 2.21. The van der Waals surface area contributed by atoms with Crippen molar-refractivity contribution in [3.8, 4) is 5.75 Å². The van der Waals surface area contributed by atoms with Gasteiger partial charge < -0.3 is 15.6 Å². The number of esters is 1. The third-order valence-corrected chi connectivity index (χ3v) is 2.71. The molecule has 2 aromatic rings. The van der Waals surface area contributed by atoms with Crippen LogP contribution in [-0.4, -0.2) is 18.2 Å². The van der Waals surface area contributed by atoms with E-state index in [1.54, 1.807) is 6.07 Å². The van der Waals surface area contributed by atoms with Crippen molar-refractivity contribution >= 4 is 29.1 Å². The molecule has 0 aliphatic rings. The fourth-order valence-corrected chi connectivity index (χ4v) is 1.86. The Hall–Kier alpha value is -1.78. The van der Waals surface area contributed by atoms with Crippen LogP contribution in [0.3, 0.4) is 0 Å². The maximum Gasteiger partial charge on any atom is 0.327 e. The minimum Gasteiger partial charge on any atom is -0.508 e. The van der Waals surface area contributed by atoms with E-state index in [0.29, 0.717) is 5.56 Å². The number of rotatable bonds is 2. The van der Waals surface area contributed by atoms with Crippen LogP contribution in [0, 0.1) is 0 Å². The molecule has 0 heterocycles. The Morgan fingerprint density at radius 1 is 1.28 bits per heavy atom. The SMILES string of the molecule is COC(=O)[C@@H](N)c1c(O)ccc2ccccc12.Cl. The van der Waals surface area contributed by atoms with E-state index >= 15 is 0 Å². The Kier molecular flexibility index (Phi) is 4.53. The third-order valence-electron chi connectivity index (χ3n) is 2.71. The second-order valence-corrected chi connectivity index (χ2v) is 3.72. The van der Waals surface area contributed by atoms with Crippen LogP contribution in [0.25, 0.3) is 10.8 Å². The first-order valence-corrected chi connectivity index (χ1v) is 5.19. The number of aromatic hydroxyl groups is 1. The number of phenolic OH excluding ortho intramolecular Hbond substituents is 1. The Labute approximate surface area is 111 Å². The molecule has 0 aliphatic carbocycles. The van der Waals surface area contributed by atoms with Crippen molar-refractivity contribution in [3.63, 3.8) is 0 Å². The van der Waals surface area contributed by atoms with Crippen LogP contribution in [0.4, 0.5) is 0 Å². The Bertz CT molecular complexity index is 571. The number of hydrogen-bond acceptors (Lipinski definition) is 4. The summed E-state index contributed by atoms with van der Waals surface area (Å²) >= 11 is 0. The van der Waals surface area contributed by atoms with Crippen LogP contribution in [-0.2, 0) is 9.53 Å². The van der Waals surface area contributed by atoms with E-state index in [4.69, 9.17) is 5.73 Å². The van der Waals surface area contributed by atoms with Crippen LogP contribution in [0.1, 0.15) is 11.6 Å². The van der Waals surface area contributed by atoms with Gasteiger partial charge in [0.05, 0.1) is 7.11 Å². The first-order valence-electron chi connectivity index (χ1n) is 5.19. The van der Waals surface area contributed by atoms with Crippen LogP contribution < -0.4 is 5.73 Å². The largest absolute Gasteiger partial charge is 0.508 e. The molecule has 3 N–H and O–H groups in total. The van der Waals surface area contributed by atoms with Crippen molar-refractivity contribution in [1.29, 1.82) is 0 Å². The van der Waals surface area contributed by atoms with Gasteiger partial charge >= 0.3 is 5.97 Å². The number of fused-ring (bicyclic) bond motifs is 1. The maximum absolute atomic E-state index is 11.4. The standard InChI is InChI=1S/C13H13NO3.ClH/c1-17-13(16)12(14)11-9-5-3-2-4-8(9)6-7-10(11)15;/h2-7,12,15H,14H2,1H3;1H/t12-;/m0./s1. The zero-order valence-electron chi connectivity index (χ0n) is 9.79. The van der Waals surface area contributed by atoms with Crippen molar-refractivity contribution in [3.05, 3.63) is 42.0 Å². The molecule has 0 fully saturated rings. The lowest BCUT2D eigenvalue weighted by atomic mass is 9.98. The normalized spacial score (nSPS) is 11.7. The van der Waals surface area contributed by atoms with Crippen molar-refractivity contribution in [1.82, 2.24) is 0 Å². The fourth-order valence-electron chi connectivity index (χ4n) is 1.86. The van der Waals surface area contributed by atoms with Gasteiger partial charge in [0, 0.05) is 5.56 Å². The summed E-state index contributed by atoms with van der Waals surface area (Å²) in [7, 11) is 1.27. The third kappa shape index (κ3) is 2.39. The molecule has 0 saturated carbocycles. The highest BCUT2D eigenvalue weighted by atomic mass is 35.5. The van der Waals surface area contributed by atoms with Gasteiger partial charge in [0.25, 0.3) is 0 Å². The molecule has 0 spiro atoms. The summed E-state index contributed by atoms with van der Waals surface area (Å²) in [5.74, 6) is -0.571. The molecule has 0 unspecified atom stereocenters. The lowest BCUT2D eigenvalue weighted by molar-refractivity contribution is -0.142. The second-order valence-electron chi connectivity index (χ2n) is 3.72. The Morgan fingerprint density at radius 3 is 2.61 bits per heavy atom. The van der Waals surface area contributed by atoms with Crippen molar-refractivity contribution < 1.29 is 14.6 Å². The quantitative estimate of drug-likeness (QED) is 0.818. The number of benzene rings is 2. The van der Waals surface area contributed by atoms with E-state index in [1.807, 2.05) is 24.3 Å². The first-order chi connectivity index (χ1) is 8.15. The molecule has 5 heteroatoms. The van der Waals surface area contributed by atoms with Gasteiger partial charge in [0.1, 0.15) is 11.8 Å². The predicted molar refractivity (Wildman–Crippen MR) is 71.8 cm³/mol.